The van der Waals surface area contributed by atoms with Crippen molar-refractivity contribution in [3.05, 3.63) is 0 Å². The number of Topliss-reactive ketones (excluding diaryl/α,β-unsaturated/α-hetero) is 2. The predicted octanol–water partition coefficient (Wildman–Crippen LogP) is 1.73. The van der Waals surface area contributed by atoms with Crippen molar-refractivity contribution in [2.24, 2.45) is 5.41 Å². The monoisotopic (exact) mass is 182 g/mol. The van der Waals surface area contributed by atoms with Crippen LogP contribution >= 0.6 is 0 Å². The van der Waals surface area contributed by atoms with Gasteiger partial charge in [0.15, 0.2) is 0 Å². The minimum atomic E-state index is -4.94. The van der Waals surface area contributed by atoms with Crippen molar-refractivity contribution < 1.29 is 22.8 Å². The molecule has 0 bridgehead atoms. The molecule has 0 spiro atoms. The molecule has 0 amide bonds. The molecule has 0 N–H and O–H groups in total. The highest BCUT2D eigenvalue weighted by atomic mass is 19.4. The molecule has 12 heavy (non-hydrogen) atoms. The van der Waals surface area contributed by atoms with E-state index in [-0.39, 0.29) is 0 Å². The van der Waals surface area contributed by atoms with E-state index in [9.17, 15) is 22.8 Å². The minimum absolute atomic E-state index is 0.787. The Kier molecular flexibility index (Phi) is 2.67. The highest BCUT2D eigenvalue weighted by Crippen LogP contribution is 2.29. The Morgan fingerprint density at radius 2 is 1.42 bits per heavy atom. The molecule has 5 heteroatoms. The number of carbonyl (C=O) groups is 2. The topological polar surface area (TPSA) is 34.1 Å². The van der Waals surface area contributed by atoms with Gasteiger partial charge in [0.25, 0.3) is 0 Å². The van der Waals surface area contributed by atoms with Crippen molar-refractivity contribution in [3.8, 4) is 0 Å². The number of halogens is 3. The Morgan fingerprint density at radius 3 is 1.50 bits per heavy atom. The molecule has 2 nitrogen and oxygen atoms in total. The second-order valence-electron chi connectivity index (χ2n) is 3.01. The standard InChI is InChI=1S/C7H9F3O2/c1-4(11)6(2,3)5(12)7(8,9)10/h1-3H3. The van der Waals surface area contributed by atoms with Crippen LogP contribution in [0.3, 0.4) is 0 Å². The van der Waals surface area contributed by atoms with Crippen LogP contribution in [0.15, 0.2) is 0 Å². The van der Waals surface area contributed by atoms with E-state index >= 15 is 0 Å². The molecular formula is C7H9F3O2. The third kappa shape index (κ3) is 2.06. The largest absolute Gasteiger partial charge is 0.451 e. The van der Waals surface area contributed by atoms with E-state index in [1.807, 2.05) is 0 Å². The van der Waals surface area contributed by atoms with Crippen LogP contribution in [0.25, 0.3) is 0 Å². The second kappa shape index (κ2) is 2.88. The number of hydrogen-bond donors (Lipinski definition) is 0. The molecule has 0 saturated carbocycles. The van der Waals surface area contributed by atoms with Gasteiger partial charge in [0, 0.05) is 0 Å². The maximum Gasteiger partial charge on any atom is 0.451 e. The molecule has 0 unspecified atom stereocenters. The fourth-order valence-electron chi connectivity index (χ4n) is 0.514. The molecule has 0 radical (unpaired) electrons. The highest BCUT2D eigenvalue weighted by Gasteiger charge is 2.49. The van der Waals surface area contributed by atoms with Crippen molar-refractivity contribution >= 4 is 11.6 Å². The molecular weight excluding hydrogens is 173 g/mol. The number of hydrogen-bond acceptors (Lipinski definition) is 2. The van der Waals surface area contributed by atoms with Gasteiger partial charge in [0.05, 0.1) is 5.41 Å². The summed E-state index contributed by atoms with van der Waals surface area (Å²) < 4.78 is 35.4. The maximum atomic E-state index is 11.8. The fraction of sp³-hybridized carbons (Fsp3) is 0.714. The molecule has 70 valence electrons. The summed E-state index contributed by atoms with van der Waals surface area (Å²) in [6, 6.07) is 0. The van der Waals surface area contributed by atoms with Crippen LogP contribution in [0, 0.1) is 5.41 Å². The van der Waals surface area contributed by atoms with Gasteiger partial charge in [-0.2, -0.15) is 13.2 Å². The SMILES string of the molecule is CC(=O)C(C)(C)C(=O)C(F)(F)F. The Balaban J connectivity index is 4.83. The average Bonchev–Trinajstić information content (AvgIpc) is 1.83. The Labute approximate surface area is 67.7 Å². The molecule has 0 aromatic carbocycles. The highest BCUT2D eigenvalue weighted by molar-refractivity contribution is 6.07. The predicted molar refractivity (Wildman–Crippen MR) is 35.5 cm³/mol. The van der Waals surface area contributed by atoms with Gasteiger partial charge in [-0.15, -0.1) is 0 Å². The smallest absolute Gasteiger partial charge is 0.299 e. The zero-order chi connectivity index (χ0) is 10.2. The van der Waals surface area contributed by atoms with Gasteiger partial charge in [-0.05, 0) is 20.8 Å². The first-order valence-electron chi connectivity index (χ1n) is 3.23. The summed E-state index contributed by atoms with van der Waals surface area (Å²) in [7, 11) is 0. The van der Waals surface area contributed by atoms with Gasteiger partial charge in [0.1, 0.15) is 5.78 Å². The average molecular weight is 182 g/mol. The van der Waals surface area contributed by atoms with E-state index in [4.69, 9.17) is 0 Å². The van der Waals surface area contributed by atoms with E-state index < -0.39 is 23.2 Å². The van der Waals surface area contributed by atoms with Crippen LogP contribution in [-0.2, 0) is 9.59 Å². The maximum absolute atomic E-state index is 11.8. The lowest BCUT2D eigenvalue weighted by atomic mass is 9.84. The number of ketones is 2. The number of carbonyl (C=O) groups excluding carboxylic acids is 2. The van der Waals surface area contributed by atoms with Crippen LogP contribution in [-0.4, -0.2) is 17.7 Å². The third-order valence-corrected chi connectivity index (χ3v) is 1.71. The van der Waals surface area contributed by atoms with Crippen LogP contribution < -0.4 is 0 Å². The second-order valence-corrected chi connectivity index (χ2v) is 3.01. The summed E-state index contributed by atoms with van der Waals surface area (Å²) in [5.41, 5.74) is -1.96. The molecule has 0 aliphatic heterocycles. The first-order valence-corrected chi connectivity index (χ1v) is 3.23. The Bertz CT molecular complexity index is 215. The Morgan fingerprint density at radius 1 is 1.08 bits per heavy atom. The first kappa shape index (κ1) is 11.1. The Hall–Kier alpha value is -0.870. The zero-order valence-electron chi connectivity index (χ0n) is 6.95. The quantitative estimate of drug-likeness (QED) is 0.609. The molecule has 0 aromatic heterocycles. The summed E-state index contributed by atoms with van der Waals surface area (Å²) in [5, 5.41) is 0. The van der Waals surface area contributed by atoms with Gasteiger partial charge in [-0.1, -0.05) is 0 Å². The summed E-state index contributed by atoms with van der Waals surface area (Å²) in [6.07, 6.45) is -4.94. The van der Waals surface area contributed by atoms with Crippen molar-refractivity contribution in [1.29, 1.82) is 0 Å². The van der Waals surface area contributed by atoms with E-state index in [0.717, 1.165) is 20.8 Å². The van der Waals surface area contributed by atoms with Crippen LogP contribution in [0.1, 0.15) is 20.8 Å². The lowest BCUT2D eigenvalue weighted by molar-refractivity contribution is -0.181. The summed E-state index contributed by atoms with van der Waals surface area (Å²) in [5.74, 6) is -2.78. The van der Waals surface area contributed by atoms with Gasteiger partial charge < -0.3 is 0 Å². The van der Waals surface area contributed by atoms with E-state index in [1.54, 1.807) is 0 Å². The van der Waals surface area contributed by atoms with Crippen LogP contribution in [0.5, 0.6) is 0 Å². The minimum Gasteiger partial charge on any atom is -0.299 e. The van der Waals surface area contributed by atoms with Crippen LogP contribution in [0.2, 0.25) is 0 Å². The third-order valence-electron chi connectivity index (χ3n) is 1.71. The van der Waals surface area contributed by atoms with Crippen LogP contribution in [0.4, 0.5) is 13.2 Å². The number of alkyl halides is 3. The van der Waals surface area contributed by atoms with Gasteiger partial charge in [-0.3, -0.25) is 9.59 Å². The summed E-state index contributed by atoms with van der Waals surface area (Å²) in [6.45, 7) is 2.89. The molecule has 0 aromatic rings. The molecule has 0 aliphatic rings. The fourth-order valence-corrected chi connectivity index (χ4v) is 0.514. The van der Waals surface area contributed by atoms with Crippen molar-refractivity contribution in [2.45, 2.75) is 26.9 Å². The molecule has 0 aliphatic carbocycles. The normalized spacial score (nSPS) is 12.8. The van der Waals surface area contributed by atoms with E-state index in [1.165, 1.54) is 0 Å². The van der Waals surface area contributed by atoms with E-state index in [0.29, 0.717) is 0 Å². The van der Waals surface area contributed by atoms with Crippen molar-refractivity contribution in [2.75, 3.05) is 0 Å². The summed E-state index contributed by atoms with van der Waals surface area (Å²) in [4.78, 5) is 21.2. The summed E-state index contributed by atoms with van der Waals surface area (Å²) >= 11 is 0. The van der Waals surface area contributed by atoms with Gasteiger partial charge in [-0.25, -0.2) is 0 Å². The van der Waals surface area contributed by atoms with Gasteiger partial charge in [0.2, 0.25) is 5.78 Å². The zero-order valence-corrected chi connectivity index (χ0v) is 6.95. The van der Waals surface area contributed by atoms with Crippen molar-refractivity contribution in [3.63, 3.8) is 0 Å². The lowest BCUT2D eigenvalue weighted by Gasteiger charge is -2.20. The lowest BCUT2D eigenvalue weighted by Crippen LogP contribution is -2.41. The molecule has 0 fully saturated rings. The van der Waals surface area contributed by atoms with Crippen molar-refractivity contribution in [1.82, 2.24) is 0 Å². The molecule has 0 heterocycles. The van der Waals surface area contributed by atoms with Gasteiger partial charge >= 0.3 is 6.18 Å². The molecule has 0 rings (SSSR count). The number of rotatable bonds is 2. The van der Waals surface area contributed by atoms with E-state index in [2.05, 4.69) is 0 Å². The first-order chi connectivity index (χ1) is 5.10. The molecule has 0 atom stereocenters. The molecule has 0 saturated heterocycles.